The fraction of sp³-hybridized carbons (Fsp3) is 0.947. The van der Waals surface area contributed by atoms with Crippen molar-refractivity contribution in [2.24, 2.45) is 4.99 Å². The number of nitrogens with zero attached hydrogens (tertiary/aromatic N) is 3. The van der Waals surface area contributed by atoms with Gasteiger partial charge in [0.15, 0.2) is 5.96 Å². The number of ether oxygens (including phenoxy) is 2. The van der Waals surface area contributed by atoms with Crippen molar-refractivity contribution in [2.45, 2.75) is 58.2 Å². The Morgan fingerprint density at radius 1 is 1.19 bits per heavy atom. The maximum absolute atomic E-state index is 6.11. The molecule has 0 spiro atoms. The summed E-state index contributed by atoms with van der Waals surface area (Å²) < 4.78 is 11.9. The Morgan fingerprint density at radius 2 is 1.92 bits per heavy atom. The van der Waals surface area contributed by atoms with Gasteiger partial charge in [-0.15, -0.1) is 24.0 Å². The Morgan fingerprint density at radius 3 is 2.50 bits per heavy atom. The zero-order valence-corrected chi connectivity index (χ0v) is 19.2. The van der Waals surface area contributed by atoms with Crippen LogP contribution in [-0.4, -0.2) is 87.5 Å². The van der Waals surface area contributed by atoms with Gasteiger partial charge in [-0.2, -0.15) is 0 Å². The van der Waals surface area contributed by atoms with Crippen LogP contribution in [0.4, 0.5) is 0 Å². The first-order chi connectivity index (χ1) is 12.3. The van der Waals surface area contributed by atoms with E-state index >= 15 is 0 Å². The van der Waals surface area contributed by atoms with E-state index in [0.717, 1.165) is 77.7 Å². The van der Waals surface area contributed by atoms with Crippen molar-refractivity contribution in [2.75, 3.05) is 59.5 Å². The van der Waals surface area contributed by atoms with E-state index in [1.165, 1.54) is 12.8 Å². The zero-order chi connectivity index (χ0) is 17.9. The Hall–Kier alpha value is -0.120. The van der Waals surface area contributed by atoms with E-state index in [2.05, 4.69) is 34.0 Å². The second-order valence-corrected chi connectivity index (χ2v) is 7.01. The first-order valence-corrected chi connectivity index (χ1v) is 10.2. The van der Waals surface area contributed by atoms with Gasteiger partial charge in [0.05, 0.1) is 18.8 Å². The lowest BCUT2D eigenvalue weighted by atomic mass is 10.1. The van der Waals surface area contributed by atoms with Gasteiger partial charge >= 0.3 is 0 Å². The molecule has 7 heteroatoms. The summed E-state index contributed by atoms with van der Waals surface area (Å²) >= 11 is 0. The van der Waals surface area contributed by atoms with Crippen molar-refractivity contribution in [3.63, 3.8) is 0 Å². The Balaban J connectivity index is 0.00000338. The third-order valence-electron chi connectivity index (χ3n) is 5.35. The van der Waals surface area contributed by atoms with Crippen molar-refractivity contribution in [1.29, 1.82) is 0 Å². The van der Waals surface area contributed by atoms with Gasteiger partial charge in [0.25, 0.3) is 0 Å². The minimum atomic E-state index is 0. The van der Waals surface area contributed by atoms with Crippen LogP contribution >= 0.6 is 24.0 Å². The summed E-state index contributed by atoms with van der Waals surface area (Å²) in [6, 6.07) is 0. The molecule has 1 atom stereocenters. The molecule has 2 aliphatic heterocycles. The summed E-state index contributed by atoms with van der Waals surface area (Å²) in [7, 11) is 1.88. The number of hydrogen-bond acceptors (Lipinski definition) is 4. The number of likely N-dealkylation sites (N-methyl/N-ethyl adjacent to an activating group) is 1. The van der Waals surface area contributed by atoms with E-state index in [9.17, 15) is 0 Å². The molecule has 154 valence electrons. The van der Waals surface area contributed by atoms with E-state index in [1.54, 1.807) is 0 Å². The largest absolute Gasteiger partial charge is 0.376 e. The molecule has 1 unspecified atom stereocenters. The van der Waals surface area contributed by atoms with Gasteiger partial charge < -0.3 is 24.6 Å². The molecule has 0 radical (unpaired) electrons. The molecular weight excluding hydrogens is 443 g/mol. The maximum atomic E-state index is 6.11. The fourth-order valence-electron chi connectivity index (χ4n) is 3.61. The second-order valence-electron chi connectivity index (χ2n) is 7.01. The topological polar surface area (TPSA) is 49.3 Å². The number of piperidine rings is 1. The molecule has 1 N–H and O–H groups in total. The number of hydrogen-bond donors (Lipinski definition) is 1. The van der Waals surface area contributed by atoms with Gasteiger partial charge in [-0.05, 0) is 45.2 Å². The summed E-state index contributed by atoms with van der Waals surface area (Å²) in [5.74, 6) is 1.03. The zero-order valence-electron chi connectivity index (χ0n) is 16.9. The van der Waals surface area contributed by atoms with Crippen LogP contribution in [0.1, 0.15) is 46.0 Å². The molecule has 0 aromatic heterocycles. The van der Waals surface area contributed by atoms with Crippen LogP contribution in [0.5, 0.6) is 0 Å². The van der Waals surface area contributed by atoms with Gasteiger partial charge in [0, 0.05) is 39.8 Å². The molecule has 2 saturated heterocycles. The molecule has 2 fully saturated rings. The van der Waals surface area contributed by atoms with Crippen molar-refractivity contribution in [3.8, 4) is 0 Å². The molecule has 6 nitrogen and oxygen atoms in total. The minimum Gasteiger partial charge on any atom is -0.376 e. The average molecular weight is 482 g/mol. The van der Waals surface area contributed by atoms with Crippen LogP contribution in [-0.2, 0) is 9.47 Å². The van der Waals surface area contributed by atoms with Gasteiger partial charge in [-0.25, -0.2) is 0 Å². The summed E-state index contributed by atoms with van der Waals surface area (Å²) in [4.78, 5) is 9.24. The summed E-state index contributed by atoms with van der Waals surface area (Å²) in [6.07, 6.45) is 6.48. The van der Waals surface area contributed by atoms with E-state index in [-0.39, 0.29) is 24.0 Å². The van der Waals surface area contributed by atoms with Crippen molar-refractivity contribution in [3.05, 3.63) is 0 Å². The molecule has 2 heterocycles. The molecule has 0 bridgehead atoms. The molecular formula is C19H39IN4O2. The van der Waals surface area contributed by atoms with Crippen molar-refractivity contribution < 1.29 is 9.47 Å². The third kappa shape index (κ3) is 8.27. The highest BCUT2D eigenvalue weighted by molar-refractivity contribution is 14.0. The SMILES string of the molecule is CCN(CC)CCNC(=NC)N1CCC(OCC2CCCCO2)CC1.I. The first-order valence-electron chi connectivity index (χ1n) is 10.2. The fourth-order valence-corrected chi connectivity index (χ4v) is 3.61. The van der Waals surface area contributed by atoms with Crippen LogP contribution in [0.2, 0.25) is 0 Å². The van der Waals surface area contributed by atoms with Crippen LogP contribution in [0, 0.1) is 0 Å². The Kier molecular flexibility index (Phi) is 12.8. The molecule has 0 amide bonds. The van der Waals surface area contributed by atoms with Gasteiger partial charge in [-0.3, -0.25) is 4.99 Å². The lowest BCUT2D eigenvalue weighted by Gasteiger charge is -2.35. The third-order valence-corrected chi connectivity index (χ3v) is 5.35. The molecule has 0 aromatic rings. The van der Waals surface area contributed by atoms with E-state index in [1.807, 2.05) is 7.05 Å². The lowest BCUT2D eigenvalue weighted by molar-refractivity contribution is -0.0721. The van der Waals surface area contributed by atoms with Crippen molar-refractivity contribution >= 4 is 29.9 Å². The normalized spacial score (nSPS) is 22.4. The molecule has 26 heavy (non-hydrogen) atoms. The van der Waals surface area contributed by atoms with Crippen LogP contribution in [0.15, 0.2) is 4.99 Å². The number of halogens is 1. The van der Waals surface area contributed by atoms with Gasteiger partial charge in [0.2, 0.25) is 0 Å². The van der Waals surface area contributed by atoms with E-state index < -0.39 is 0 Å². The number of aliphatic imine (C=N–C) groups is 1. The quantitative estimate of drug-likeness (QED) is 0.328. The molecule has 0 aromatic carbocycles. The molecule has 0 saturated carbocycles. The number of likely N-dealkylation sites (tertiary alicyclic amines) is 1. The molecule has 2 aliphatic rings. The Bertz CT molecular complexity index is 380. The van der Waals surface area contributed by atoms with Crippen LogP contribution in [0.3, 0.4) is 0 Å². The van der Waals surface area contributed by atoms with Crippen LogP contribution < -0.4 is 5.32 Å². The summed E-state index contributed by atoms with van der Waals surface area (Å²) in [5.41, 5.74) is 0. The second kappa shape index (κ2) is 14.0. The van der Waals surface area contributed by atoms with Crippen LogP contribution in [0.25, 0.3) is 0 Å². The average Bonchev–Trinajstić information content (AvgIpc) is 2.68. The van der Waals surface area contributed by atoms with E-state index in [0.29, 0.717) is 12.2 Å². The lowest BCUT2D eigenvalue weighted by Crippen LogP contribution is -2.48. The van der Waals surface area contributed by atoms with Gasteiger partial charge in [0.1, 0.15) is 0 Å². The first kappa shape index (κ1) is 23.9. The highest BCUT2D eigenvalue weighted by Gasteiger charge is 2.23. The number of rotatable bonds is 8. The molecule has 2 rings (SSSR count). The summed E-state index contributed by atoms with van der Waals surface area (Å²) in [6.45, 7) is 12.3. The predicted molar refractivity (Wildman–Crippen MR) is 119 cm³/mol. The maximum Gasteiger partial charge on any atom is 0.193 e. The summed E-state index contributed by atoms with van der Waals surface area (Å²) in [5, 5.41) is 3.51. The smallest absolute Gasteiger partial charge is 0.193 e. The van der Waals surface area contributed by atoms with E-state index in [4.69, 9.17) is 9.47 Å². The Labute approximate surface area is 177 Å². The standard InChI is InChI=1S/C19H38N4O2.HI/c1-4-22(5-2)14-11-21-19(20-3)23-12-9-17(10-13-23)25-16-18-8-6-7-15-24-18;/h17-18H,4-16H2,1-3H3,(H,20,21);1H. The predicted octanol–water partition coefficient (Wildman–Crippen LogP) is 2.57. The minimum absolute atomic E-state index is 0. The number of nitrogens with one attached hydrogen (secondary N) is 1. The number of guanidine groups is 1. The highest BCUT2D eigenvalue weighted by atomic mass is 127. The highest BCUT2D eigenvalue weighted by Crippen LogP contribution is 2.17. The monoisotopic (exact) mass is 482 g/mol. The van der Waals surface area contributed by atoms with Gasteiger partial charge in [-0.1, -0.05) is 13.8 Å². The molecule has 0 aliphatic carbocycles. The van der Waals surface area contributed by atoms with Crippen molar-refractivity contribution in [1.82, 2.24) is 15.1 Å².